The molecule has 1 nitrogen and oxygen atoms in total. The monoisotopic (exact) mass is 111 g/mol. The first-order chi connectivity index (χ1) is 3.80. The largest absolute Gasteiger partial charge is 0.505 e. The van der Waals surface area contributed by atoms with Gasteiger partial charge in [-0.1, -0.05) is 12.1 Å². The molecule has 0 atom stereocenters. The van der Waals surface area contributed by atoms with E-state index >= 15 is 0 Å². The highest BCUT2D eigenvalue weighted by Gasteiger charge is 1.92. The molecule has 0 heterocycles. The molecule has 0 aliphatic rings. The number of aromatic hydroxyl groups is 1. The Labute approximate surface area is 46.4 Å². The van der Waals surface area contributed by atoms with Gasteiger partial charge in [0, 0.05) is 6.07 Å². The molecular weight excluding hydrogens is 107 g/mol. The molecule has 1 aromatic rings. The fraction of sp³-hybridized carbons (Fsp3) is 0. The molecule has 0 aliphatic carbocycles. The maximum absolute atomic E-state index is 12.0. The van der Waals surface area contributed by atoms with Gasteiger partial charge in [-0.3, -0.25) is 0 Å². The zero-order chi connectivity index (χ0) is 5.98. The minimum absolute atomic E-state index is 0.354. The van der Waals surface area contributed by atoms with E-state index in [1.807, 2.05) is 0 Å². The van der Waals surface area contributed by atoms with E-state index in [1.54, 1.807) is 0 Å². The van der Waals surface area contributed by atoms with Crippen LogP contribution in [0.4, 0.5) is 4.39 Å². The lowest BCUT2D eigenvalue weighted by Crippen LogP contribution is -1.71. The van der Waals surface area contributed by atoms with Crippen LogP contribution < -0.4 is 0 Å². The molecule has 0 spiro atoms. The Kier molecular flexibility index (Phi) is 1.16. The second-order valence-corrected chi connectivity index (χ2v) is 1.37. The molecule has 0 amide bonds. The molecule has 0 bridgehead atoms. The fourth-order valence-corrected chi connectivity index (χ4v) is 0.408. The van der Waals surface area contributed by atoms with Gasteiger partial charge in [0.1, 0.15) is 0 Å². The molecule has 0 aromatic heterocycles. The van der Waals surface area contributed by atoms with E-state index in [0.29, 0.717) is 0 Å². The number of benzene rings is 1. The van der Waals surface area contributed by atoms with Gasteiger partial charge in [-0.25, -0.2) is 4.39 Å². The summed E-state index contributed by atoms with van der Waals surface area (Å²) in [6.45, 7) is 0. The first kappa shape index (κ1) is 5.09. The van der Waals surface area contributed by atoms with Crippen molar-refractivity contribution >= 4 is 0 Å². The molecule has 8 heavy (non-hydrogen) atoms. The van der Waals surface area contributed by atoms with E-state index in [-0.39, 0.29) is 5.75 Å². The van der Waals surface area contributed by atoms with Crippen molar-refractivity contribution in [1.29, 1.82) is 0 Å². The van der Waals surface area contributed by atoms with Crippen molar-refractivity contribution in [1.82, 2.24) is 0 Å². The Bertz CT molecular complexity index is 165. The Morgan fingerprint density at radius 2 is 2.38 bits per heavy atom. The predicted molar refractivity (Wildman–Crippen MR) is 26.9 cm³/mol. The minimum atomic E-state index is -0.701. The third kappa shape index (κ3) is 0.780. The molecular formula is C6H4FO. The van der Waals surface area contributed by atoms with Crippen molar-refractivity contribution in [2.45, 2.75) is 0 Å². The average Bonchev–Trinajstić information content (AvgIpc) is 1.77. The maximum atomic E-state index is 12.0. The van der Waals surface area contributed by atoms with Crippen LogP contribution in [0.2, 0.25) is 0 Å². The van der Waals surface area contributed by atoms with Gasteiger partial charge >= 0.3 is 0 Å². The van der Waals surface area contributed by atoms with Gasteiger partial charge in [0.25, 0.3) is 0 Å². The smallest absolute Gasteiger partial charge is 0.172 e. The van der Waals surface area contributed by atoms with Gasteiger partial charge < -0.3 is 5.11 Å². The average molecular weight is 111 g/mol. The van der Waals surface area contributed by atoms with Crippen LogP contribution in [-0.4, -0.2) is 5.11 Å². The van der Waals surface area contributed by atoms with Gasteiger partial charge in [0.2, 0.25) is 0 Å². The van der Waals surface area contributed by atoms with E-state index in [2.05, 4.69) is 6.07 Å². The normalized spacial score (nSPS) is 9.12. The standard InChI is InChI=1S/C6H4FO/c7-5-3-1-2-4-6(5)8/h1-2,4,8H. The number of hydrogen-bond acceptors (Lipinski definition) is 1. The number of phenols is 1. The van der Waals surface area contributed by atoms with Crippen molar-refractivity contribution < 1.29 is 9.50 Å². The summed E-state index contributed by atoms with van der Waals surface area (Å²) in [6, 6.07) is 6.36. The summed E-state index contributed by atoms with van der Waals surface area (Å²) in [5.74, 6) is -1.06. The minimum Gasteiger partial charge on any atom is -0.505 e. The number of phenolic OH excluding ortho intramolecular Hbond substituents is 1. The molecule has 1 N–H and O–H groups in total. The highest BCUT2D eigenvalue weighted by atomic mass is 19.1. The van der Waals surface area contributed by atoms with E-state index in [9.17, 15) is 4.39 Å². The summed E-state index contributed by atoms with van der Waals surface area (Å²) in [4.78, 5) is 0. The maximum Gasteiger partial charge on any atom is 0.172 e. The molecule has 0 saturated heterocycles. The van der Waals surface area contributed by atoms with Crippen LogP contribution in [0, 0.1) is 11.9 Å². The third-order valence-corrected chi connectivity index (χ3v) is 0.785. The summed E-state index contributed by atoms with van der Waals surface area (Å²) in [7, 11) is 0. The highest BCUT2D eigenvalue weighted by molar-refractivity contribution is 5.20. The molecule has 2 heteroatoms. The molecule has 1 aromatic carbocycles. The van der Waals surface area contributed by atoms with Crippen molar-refractivity contribution in [2.75, 3.05) is 0 Å². The van der Waals surface area contributed by atoms with Crippen LogP contribution in [0.15, 0.2) is 18.2 Å². The molecule has 41 valence electrons. The molecule has 1 rings (SSSR count). The van der Waals surface area contributed by atoms with Crippen molar-refractivity contribution in [2.24, 2.45) is 0 Å². The molecule has 0 unspecified atom stereocenters. The SMILES string of the molecule is Oc1ccc[c]c1F. The predicted octanol–water partition coefficient (Wildman–Crippen LogP) is 1.33. The molecule has 1 radical (unpaired) electrons. The summed E-state index contributed by atoms with van der Waals surface area (Å²) >= 11 is 0. The fourth-order valence-electron chi connectivity index (χ4n) is 0.408. The van der Waals surface area contributed by atoms with Gasteiger partial charge in [-0.05, 0) is 6.07 Å². The lowest BCUT2D eigenvalue weighted by molar-refractivity contribution is 0.432. The first-order valence-electron chi connectivity index (χ1n) is 2.16. The van der Waals surface area contributed by atoms with E-state index in [0.717, 1.165) is 0 Å². The number of rotatable bonds is 0. The summed E-state index contributed by atoms with van der Waals surface area (Å²) in [5, 5.41) is 8.51. The third-order valence-electron chi connectivity index (χ3n) is 0.785. The summed E-state index contributed by atoms with van der Waals surface area (Å²) in [6.07, 6.45) is 0. The second kappa shape index (κ2) is 1.82. The molecule has 0 saturated carbocycles. The quantitative estimate of drug-likeness (QED) is 0.535. The Hall–Kier alpha value is -1.05. The van der Waals surface area contributed by atoms with Crippen LogP contribution in [0.5, 0.6) is 5.75 Å². The summed E-state index contributed by atoms with van der Waals surface area (Å²) < 4.78 is 12.0. The molecule has 0 aliphatic heterocycles. The van der Waals surface area contributed by atoms with Crippen molar-refractivity contribution in [3.8, 4) is 5.75 Å². The lowest BCUT2D eigenvalue weighted by Gasteiger charge is -1.87. The van der Waals surface area contributed by atoms with Crippen LogP contribution in [0.3, 0.4) is 0 Å². The zero-order valence-electron chi connectivity index (χ0n) is 4.06. The Balaban J connectivity index is 3.13. The van der Waals surface area contributed by atoms with Crippen molar-refractivity contribution in [3.63, 3.8) is 0 Å². The van der Waals surface area contributed by atoms with Gasteiger partial charge in [-0.2, -0.15) is 0 Å². The van der Waals surface area contributed by atoms with Crippen LogP contribution in [0.25, 0.3) is 0 Å². The van der Waals surface area contributed by atoms with E-state index in [1.165, 1.54) is 18.2 Å². The lowest BCUT2D eigenvalue weighted by atomic mass is 10.3. The highest BCUT2D eigenvalue weighted by Crippen LogP contribution is 2.10. The molecule has 0 fully saturated rings. The Morgan fingerprint density at radius 3 is 2.75 bits per heavy atom. The van der Waals surface area contributed by atoms with Crippen LogP contribution >= 0.6 is 0 Å². The van der Waals surface area contributed by atoms with Crippen LogP contribution in [0.1, 0.15) is 0 Å². The van der Waals surface area contributed by atoms with E-state index in [4.69, 9.17) is 5.11 Å². The van der Waals surface area contributed by atoms with E-state index < -0.39 is 5.82 Å². The number of hydrogen-bond donors (Lipinski definition) is 1. The second-order valence-electron chi connectivity index (χ2n) is 1.37. The van der Waals surface area contributed by atoms with Gasteiger partial charge in [0.05, 0.1) is 0 Å². The van der Waals surface area contributed by atoms with Crippen molar-refractivity contribution in [3.05, 3.63) is 30.1 Å². The topological polar surface area (TPSA) is 20.2 Å². The number of halogens is 1. The zero-order valence-corrected chi connectivity index (χ0v) is 4.06. The van der Waals surface area contributed by atoms with Gasteiger partial charge in [-0.15, -0.1) is 0 Å². The van der Waals surface area contributed by atoms with Crippen LogP contribution in [-0.2, 0) is 0 Å². The summed E-state index contributed by atoms with van der Waals surface area (Å²) in [5.41, 5.74) is 0. The van der Waals surface area contributed by atoms with Gasteiger partial charge in [0.15, 0.2) is 11.6 Å². The Morgan fingerprint density at radius 1 is 1.62 bits per heavy atom. The first-order valence-corrected chi connectivity index (χ1v) is 2.16.